The van der Waals surface area contributed by atoms with Gasteiger partial charge < -0.3 is 10.6 Å². The van der Waals surface area contributed by atoms with Crippen LogP contribution in [0.2, 0.25) is 0 Å². The summed E-state index contributed by atoms with van der Waals surface area (Å²) >= 11 is 0. The van der Waals surface area contributed by atoms with E-state index in [1.165, 1.54) is 0 Å². The number of aromatic amines is 1. The molecule has 2 aromatic heterocycles. The van der Waals surface area contributed by atoms with E-state index >= 15 is 0 Å². The summed E-state index contributed by atoms with van der Waals surface area (Å²) in [5.74, 6) is 0.627. The van der Waals surface area contributed by atoms with Crippen molar-refractivity contribution in [3.05, 3.63) is 48.2 Å². The van der Waals surface area contributed by atoms with Gasteiger partial charge in [-0.15, -0.1) is 0 Å². The Kier molecular flexibility index (Phi) is 2.64. The molecule has 0 spiro atoms. The van der Waals surface area contributed by atoms with Crippen LogP contribution in [0.1, 0.15) is 10.5 Å². The third-order valence-electron chi connectivity index (χ3n) is 4.30. The Morgan fingerprint density at radius 3 is 2.88 bits per heavy atom. The molecule has 0 saturated carbocycles. The van der Waals surface area contributed by atoms with Crippen molar-refractivity contribution in [2.45, 2.75) is 6.54 Å². The third kappa shape index (κ3) is 1.81. The molecule has 1 amide bonds. The Balaban J connectivity index is 1.75. The zero-order valence-corrected chi connectivity index (χ0v) is 12.7. The van der Waals surface area contributed by atoms with E-state index < -0.39 is 0 Å². The van der Waals surface area contributed by atoms with Gasteiger partial charge in [-0.1, -0.05) is 18.2 Å². The predicted octanol–water partition coefficient (Wildman–Crippen LogP) is 2.40. The zero-order chi connectivity index (χ0) is 16.1. The Hall–Kier alpha value is -3.35. The lowest BCUT2D eigenvalue weighted by molar-refractivity contribution is 0.0926. The highest BCUT2D eigenvalue weighted by molar-refractivity contribution is 6.16. The highest BCUT2D eigenvalue weighted by atomic mass is 16.2. The molecule has 0 radical (unpaired) electrons. The molecule has 0 fully saturated rings. The lowest BCUT2D eigenvalue weighted by Crippen LogP contribution is -2.35. The van der Waals surface area contributed by atoms with Gasteiger partial charge in [0.2, 0.25) is 0 Å². The summed E-state index contributed by atoms with van der Waals surface area (Å²) in [5, 5.41) is 20.0. The first-order chi connectivity index (χ1) is 11.8. The number of aromatic nitrogens is 4. The number of benzene rings is 2. The van der Waals surface area contributed by atoms with Crippen LogP contribution in [0, 0.1) is 0 Å². The fourth-order valence-electron chi connectivity index (χ4n) is 3.21. The van der Waals surface area contributed by atoms with Gasteiger partial charge in [-0.05, 0) is 24.3 Å². The Morgan fingerprint density at radius 2 is 2.00 bits per heavy atom. The number of amides is 1. The molecule has 0 unspecified atom stereocenters. The van der Waals surface area contributed by atoms with Crippen molar-refractivity contribution in [1.29, 1.82) is 0 Å². The molecule has 24 heavy (non-hydrogen) atoms. The molecular weight excluding hydrogens is 304 g/mol. The molecule has 0 aliphatic carbocycles. The van der Waals surface area contributed by atoms with Crippen LogP contribution in [0.15, 0.2) is 42.5 Å². The number of hydrogen-bond acceptors (Lipinski definition) is 4. The van der Waals surface area contributed by atoms with Crippen molar-refractivity contribution in [1.82, 2.24) is 25.3 Å². The van der Waals surface area contributed by atoms with Gasteiger partial charge in [-0.25, -0.2) is 0 Å². The molecule has 7 nitrogen and oxygen atoms in total. The minimum Gasteiger partial charge on any atom is -0.349 e. The number of nitrogens with zero attached hydrogens (tertiary/aromatic N) is 3. The maximum atomic E-state index is 12.2. The molecule has 3 N–H and O–H groups in total. The highest BCUT2D eigenvalue weighted by Crippen LogP contribution is 2.32. The Labute approximate surface area is 136 Å². The summed E-state index contributed by atoms with van der Waals surface area (Å²) in [6.45, 7) is 1.28. The first-order valence-electron chi connectivity index (χ1n) is 7.79. The van der Waals surface area contributed by atoms with E-state index in [-0.39, 0.29) is 5.91 Å². The predicted molar refractivity (Wildman–Crippen MR) is 91.4 cm³/mol. The lowest BCUT2D eigenvalue weighted by Gasteiger charge is -2.13. The molecule has 1 aliphatic rings. The summed E-state index contributed by atoms with van der Waals surface area (Å²) in [6, 6.07) is 13.7. The summed E-state index contributed by atoms with van der Waals surface area (Å²) < 4.78 is 1.78. The van der Waals surface area contributed by atoms with Crippen LogP contribution >= 0.6 is 0 Å². The summed E-state index contributed by atoms with van der Waals surface area (Å²) in [7, 11) is 0. The number of carbonyl (C=O) groups is 1. The average molecular weight is 318 g/mol. The van der Waals surface area contributed by atoms with Crippen LogP contribution in [0.5, 0.6) is 0 Å². The molecule has 0 bridgehead atoms. The molecule has 1 aliphatic heterocycles. The van der Waals surface area contributed by atoms with Crippen molar-refractivity contribution in [2.24, 2.45) is 0 Å². The quantitative estimate of drug-likeness (QED) is 0.529. The van der Waals surface area contributed by atoms with Crippen LogP contribution in [0.25, 0.3) is 21.8 Å². The summed E-state index contributed by atoms with van der Waals surface area (Å²) in [4.78, 5) is 12.2. The number of H-pyrrole nitrogens is 1. The fourth-order valence-corrected chi connectivity index (χ4v) is 3.21. The third-order valence-corrected chi connectivity index (χ3v) is 4.30. The number of nitrogens with one attached hydrogen (secondary N) is 3. The molecule has 0 saturated heterocycles. The second-order valence-electron chi connectivity index (χ2n) is 5.78. The standard InChI is InChI=1S/C17H14N6O/c24-17-15-11-6-7-12-13(14(11)22-23(15)9-8-18-17)16(21-20-12)19-10-4-2-1-3-5-10/h1-7H,8-9H2,(H,18,24)(H2,19,20,21). The molecule has 7 heteroatoms. The van der Waals surface area contributed by atoms with Crippen LogP contribution in [0.3, 0.4) is 0 Å². The van der Waals surface area contributed by atoms with E-state index in [1.807, 2.05) is 42.5 Å². The van der Waals surface area contributed by atoms with Gasteiger partial charge in [0.25, 0.3) is 5.91 Å². The molecule has 0 atom stereocenters. The molecule has 2 aromatic carbocycles. The van der Waals surface area contributed by atoms with Gasteiger partial charge in [0, 0.05) is 17.6 Å². The molecular formula is C17H14N6O. The maximum Gasteiger partial charge on any atom is 0.270 e. The van der Waals surface area contributed by atoms with Crippen molar-refractivity contribution in [2.75, 3.05) is 11.9 Å². The fraction of sp³-hybridized carbons (Fsp3) is 0.118. The van der Waals surface area contributed by atoms with Gasteiger partial charge in [0.05, 0.1) is 17.4 Å². The van der Waals surface area contributed by atoms with E-state index in [1.54, 1.807) is 4.68 Å². The average Bonchev–Trinajstić information content (AvgIpc) is 3.17. The number of para-hydroxylation sites is 1. The van der Waals surface area contributed by atoms with Crippen molar-refractivity contribution < 1.29 is 4.79 Å². The van der Waals surface area contributed by atoms with Gasteiger partial charge in [0.1, 0.15) is 11.2 Å². The number of anilines is 2. The number of rotatable bonds is 2. The lowest BCUT2D eigenvalue weighted by atomic mass is 10.1. The summed E-state index contributed by atoms with van der Waals surface area (Å²) in [5.41, 5.74) is 3.23. The van der Waals surface area contributed by atoms with Gasteiger partial charge in [-0.3, -0.25) is 14.6 Å². The van der Waals surface area contributed by atoms with Crippen LogP contribution in [-0.4, -0.2) is 32.4 Å². The van der Waals surface area contributed by atoms with Gasteiger partial charge in [-0.2, -0.15) is 10.2 Å². The van der Waals surface area contributed by atoms with E-state index in [2.05, 4.69) is 25.9 Å². The van der Waals surface area contributed by atoms with Crippen molar-refractivity contribution in [3.8, 4) is 0 Å². The topological polar surface area (TPSA) is 87.6 Å². The van der Waals surface area contributed by atoms with Gasteiger partial charge >= 0.3 is 0 Å². The number of fused-ring (bicyclic) bond motifs is 5. The first kappa shape index (κ1) is 13.1. The first-order valence-corrected chi connectivity index (χ1v) is 7.79. The van der Waals surface area contributed by atoms with Crippen LogP contribution in [-0.2, 0) is 6.54 Å². The minimum absolute atomic E-state index is 0.0795. The van der Waals surface area contributed by atoms with Gasteiger partial charge in [0.15, 0.2) is 5.82 Å². The summed E-state index contributed by atoms with van der Waals surface area (Å²) in [6.07, 6.45) is 0. The van der Waals surface area contributed by atoms with E-state index in [4.69, 9.17) is 0 Å². The normalized spacial score (nSPS) is 13.9. The molecule has 118 valence electrons. The Bertz CT molecular complexity index is 1080. The Morgan fingerprint density at radius 1 is 1.12 bits per heavy atom. The number of hydrogen-bond donors (Lipinski definition) is 3. The smallest absolute Gasteiger partial charge is 0.270 e. The van der Waals surface area contributed by atoms with E-state index in [0.717, 1.165) is 27.5 Å². The molecule has 5 rings (SSSR count). The minimum atomic E-state index is -0.0795. The van der Waals surface area contributed by atoms with Crippen LogP contribution < -0.4 is 10.6 Å². The largest absolute Gasteiger partial charge is 0.349 e. The van der Waals surface area contributed by atoms with Crippen molar-refractivity contribution in [3.63, 3.8) is 0 Å². The van der Waals surface area contributed by atoms with E-state index in [9.17, 15) is 4.79 Å². The molecule has 3 heterocycles. The monoisotopic (exact) mass is 318 g/mol. The SMILES string of the molecule is O=C1NCCn2nc3c(ccc4[nH]nc(Nc5ccccc5)c43)c21. The second-order valence-corrected chi connectivity index (χ2v) is 5.78. The van der Waals surface area contributed by atoms with Crippen molar-refractivity contribution >= 4 is 39.2 Å². The maximum absolute atomic E-state index is 12.2. The van der Waals surface area contributed by atoms with E-state index in [0.29, 0.717) is 24.6 Å². The second kappa shape index (κ2) is 4.82. The van der Waals surface area contributed by atoms with Crippen LogP contribution in [0.4, 0.5) is 11.5 Å². The molecule has 4 aromatic rings. The highest BCUT2D eigenvalue weighted by Gasteiger charge is 2.24. The number of carbonyl (C=O) groups excluding carboxylic acids is 1. The zero-order valence-electron chi connectivity index (χ0n) is 12.7.